The number of hydrogen-bond acceptors (Lipinski definition) is 18. The summed E-state index contributed by atoms with van der Waals surface area (Å²) in [5.74, 6) is -0.416. The molecule has 0 radical (unpaired) electrons. The Balaban J connectivity index is 0.988. The standard InChI is InChI=1S/C49H57N15O8/c1-2-3-6-32-29-64(58-56-32)40(7-4-5-15-50)45(69)60-18-22-62(23-19-60)49-53-47(52-48(54-49)61-20-16-59(17-21-61)43(68)30-63-28-33(14-24-65)55-57-63)51-31-8-11-36(39(25-31)46(70)71)44-37-12-9-34(66)26-41(37)72-42-27-35(67)10-13-38(42)44/h8-13,25-29,40,65-66H,2-7,14-24,30,50H2,1H3,(H,70,71)(H,51,52,53,54)/t40-/m0/s1. The molecular formula is C49H57N15O8. The number of nitrogens with two attached hydrogens (primary N) is 1. The van der Waals surface area contributed by atoms with Crippen LogP contribution in [-0.4, -0.2) is 153 Å². The molecule has 2 aromatic carbocycles. The van der Waals surface area contributed by atoms with Gasteiger partial charge in [0.15, 0.2) is 5.43 Å². The van der Waals surface area contributed by atoms with Crippen molar-refractivity contribution in [3.05, 3.63) is 94.2 Å². The summed E-state index contributed by atoms with van der Waals surface area (Å²) >= 11 is 0. The topological polar surface area (TPSA) is 293 Å². The first-order chi connectivity index (χ1) is 35.0. The monoisotopic (exact) mass is 983 g/mol. The zero-order valence-electron chi connectivity index (χ0n) is 39.9. The van der Waals surface area contributed by atoms with Gasteiger partial charge >= 0.3 is 5.97 Å². The molecule has 1 aliphatic carbocycles. The van der Waals surface area contributed by atoms with Crippen molar-refractivity contribution in [3.63, 3.8) is 0 Å². The number of piperazine rings is 2. The summed E-state index contributed by atoms with van der Waals surface area (Å²) in [6.07, 6.45) is 8.78. The van der Waals surface area contributed by atoms with Gasteiger partial charge in [0.05, 0.1) is 17.0 Å². The lowest BCUT2D eigenvalue weighted by Crippen LogP contribution is -2.51. The van der Waals surface area contributed by atoms with E-state index in [1.165, 1.54) is 35.0 Å². The minimum absolute atomic E-state index is 0.00199. The van der Waals surface area contributed by atoms with Crippen molar-refractivity contribution in [2.24, 2.45) is 5.73 Å². The van der Waals surface area contributed by atoms with Gasteiger partial charge in [0.2, 0.25) is 29.7 Å². The summed E-state index contributed by atoms with van der Waals surface area (Å²) in [5, 5.41) is 50.8. The Morgan fingerprint density at radius 3 is 2.21 bits per heavy atom. The lowest BCUT2D eigenvalue weighted by molar-refractivity contribution is -0.135. The van der Waals surface area contributed by atoms with Gasteiger partial charge < -0.3 is 50.4 Å². The molecule has 4 aliphatic rings. The van der Waals surface area contributed by atoms with E-state index in [1.807, 2.05) is 20.9 Å². The highest BCUT2D eigenvalue weighted by Gasteiger charge is 2.32. The van der Waals surface area contributed by atoms with Gasteiger partial charge in [-0.1, -0.05) is 29.8 Å². The first kappa shape index (κ1) is 49.0. The summed E-state index contributed by atoms with van der Waals surface area (Å²) in [5.41, 5.74) is 8.89. The molecule has 5 aromatic rings. The predicted octanol–water partition coefficient (Wildman–Crippen LogP) is 3.33. The number of nitrogens with one attached hydrogen (secondary N) is 1. The summed E-state index contributed by atoms with van der Waals surface area (Å²) in [4.78, 5) is 75.3. The molecule has 2 fully saturated rings. The number of aliphatic hydroxyl groups excluding tert-OH is 1. The van der Waals surface area contributed by atoms with Gasteiger partial charge in [0.25, 0.3) is 0 Å². The summed E-state index contributed by atoms with van der Waals surface area (Å²) in [6, 6.07) is 13.2. The zero-order chi connectivity index (χ0) is 50.3. The fraction of sp³-hybridized carbons (Fsp3) is 0.408. The number of phenolic OH excluding ortho intramolecular Hbond substituents is 1. The molecule has 0 bridgehead atoms. The fourth-order valence-electron chi connectivity index (χ4n) is 9.15. The molecular weight excluding hydrogens is 927 g/mol. The zero-order valence-corrected chi connectivity index (χ0v) is 39.9. The molecule has 9 rings (SSSR count). The molecule has 0 saturated carbocycles. The SMILES string of the molecule is CCCCc1cn([C@@H](CCCCN)C(=O)N2CCN(c3nc(Nc4ccc(-c5c6ccc(=O)cc-6oc6cc(O)ccc56)c(C(=O)O)c4)nc(N4CCN(C(=O)Cn5cc(CCO)nn5)CC4)n3)CC2)nn1. The number of unbranched alkanes of at least 4 members (excludes halogenated alkanes) is 2. The van der Waals surface area contributed by atoms with E-state index < -0.39 is 12.0 Å². The Morgan fingerprint density at radius 1 is 0.792 bits per heavy atom. The van der Waals surface area contributed by atoms with Crippen molar-refractivity contribution in [1.82, 2.24) is 54.7 Å². The first-order valence-electron chi connectivity index (χ1n) is 24.3. The van der Waals surface area contributed by atoms with Gasteiger partial charge in [0.1, 0.15) is 29.7 Å². The first-order valence-corrected chi connectivity index (χ1v) is 24.3. The Hall–Kier alpha value is -8.05. The average Bonchev–Trinajstić information content (AvgIpc) is 4.05. The fourth-order valence-corrected chi connectivity index (χ4v) is 9.15. The molecule has 6 N–H and O–H groups in total. The lowest BCUT2D eigenvalue weighted by Gasteiger charge is -2.37. The number of hydrogen-bond donors (Lipinski definition) is 5. The van der Waals surface area contributed by atoms with Crippen LogP contribution in [0.5, 0.6) is 5.75 Å². The van der Waals surface area contributed by atoms with Crippen LogP contribution < -0.4 is 26.3 Å². The van der Waals surface area contributed by atoms with Crippen LogP contribution in [0.25, 0.3) is 33.4 Å². The van der Waals surface area contributed by atoms with Gasteiger partial charge in [-0.2, -0.15) is 15.0 Å². The number of nitrogens with zero attached hydrogens (tertiary/aromatic N) is 13. The van der Waals surface area contributed by atoms with Crippen molar-refractivity contribution in [3.8, 4) is 28.2 Å². The van der Waals surface area contributed by atoms with Gasteiger partial charge in [-0.05, 0) is 80.6 Å². The van der Waals surface area contributed by atoms with Crippen LogP contribution in [-0.2, 0) is 29.0 Å². The number of rotatable bonds is 19. The van der Waals surface area contributed by atoms with Crippen molar-refractivity contribution in [1.29, 1.82) is 0 Å². The number of amides is 2. The molecule has 72 heavy (non-hydrogen) atoms. The van der Waals surface area contributed by atoms with Gasteiger partial charge in [0, 0.05) is 112 Å². The Morgan fingerprint density at radius 2 is 1.50 bits per heavy atom. The second-order valence-corrected chi connectivity index (χ2v) is 17.9. The summed E-state index contributed by atoms with van der Waals surface area (Å²) in [7, 11) is 0. The predicted molar refractivity (Wildman–Crippen MR) is 265 cm³/mol. The molecule has 6 heterocycles. The lowest BCUT2D eigenvalue weighted by atomic mass is 9.90. The number of aryl methyl sites for hydroxylation is 1. The molecule has 0 unspecified atom stereocenters. The van der Waals surface area contributed by atoms with E-state index in [4.69, 9.17) is 25.1 Å². The number of carboxylic acids is 1. The number of carboxylic acid groups (broad SMARTS) is 1. The van der Waals surface area contributed by atoms with E-state index in [1.54, 1.807) is 40.0 Å². The number of aromatic nitrogens is 9. The van der Waals surface area contributed by atoms with Crippen molar-refractivity contribution in [2.75, 3.05) is 80.6 Å². The normalized spacial score (nSPS) is 14.6. The molecule has 1 atom stereocenters. The number of benzene rings is 3. The molecule has 23 heteroatoms. The number of aromatic hydroxyl groups is 1. The number of carbonyl (C=O) groups is 3. The van der Waals surface area contributed by atoms with Crippen molar-refractivity contribution >= 4 is 52.3 Å². The smallest absolute Gasteiger partial charge is 0.336 e. The van der Waals surface area contributed by atoms with Gasteiger partial charge in [-0.15, -0.1) is 10.2 Å². The van der Waals surface area contributed by atoms with Crippen LogP contribution in [0, 0.1) is 0 Å². The quantitative estimate of drug-likeness (QED) is 0.0573. The molecule has 23 nitrogen and oxygen atoms in total. The second kappa shape index (κ2) is 21.9. The number of phenols is 1. The maximum atomic E-state index is 14.2. The minimum Gasteiger partial charge on any atom is -0.508 e. The maximum Gasteiger partial charge on any atom is 0.336 e. The number of fused-ring (bicyclic) bond motifs is 2. The number of aromatic carboxylic acids is 1. The van der Waals surface area contributed by atoms with E-state index in [2.05, 4.69) is 32.9 Å². The minimum atomic E-state index is -1.22. The van der Waals surface area contributed by atoms with Crippen LogP contribution in [0.1, 0.15) is 66.8 Å². The van der Waals surface area contributed by atoms with E-state index in [-0.39, 0.29) is 59.0 Å². The number of anilines is 4. The molecule has 0 spiro atoms. The highest BCUT2D eigenvalue weighted by Crippen LogP contribution is 2.42. The van der Waals surface area contributed by atoms with E-state index in [0.29, 0.717) is 117 Å². The Bertz CT molecular complexity index is 3090. The molecule has 3 aromatic heterocycles. The van der Waals surface area contributed by atoms with Crippen LogP contribution in [0.15, 0.2) is 76.2 Å². The highest BCUT2D eigenvalue weighted by molar-refractivity contribution is 6.08. The van der Waals surface area contributed by atoms with Gasteiger partial charge in [-0.3, -0.25) is 14.4 Å². The third-order valence-corrected chi connectivity index (χ3v) is 13.0. The molecule has 2 amide bonds. The van der Waals surface area contributed by atoms with E-state index >= 15 is 0 Å². The molecule has 2 saturated heterocycles. The highest BCUT2D eigenvalue weighted by atomic mass is 16.4. The van der Waals surface area contributed by atoms with Crippen LogP contribution in [0.4, 0.5) is 23.5 Å². The summed E-state index contributed by atoms with van der Waals surface area (Å²) in [6.45, 7) is 5.68. The Kier molecular flexibility index (Phi) is 14.9. The van der Waals surface area contributed by atoms with Crippen LogP contribution in [0.2, 0.25) is 0 Å². The molecule has 376 valence electrons. The molecule has 3 aliphatic heterocycles. The van der Waals surface area contributed by atoms with Gasteiger partial charge in [-0.25, -0.2) is 14.2 Å². The van der Waals surface area contributed by atoms with Crippen LogP contribution >= 0.6 is 0 Å². The second-order valence-electron chi connectivity index (χ2n) is 17.9. The summed E-state index contributed by atoms with van der Waals surface area (Å²) < 4.78 is 9.17. The average molecular weight is 984 g/mol. The number of aliphatic hydroxyl groups is 1. The van der Waals surface area contributed by atoms with E-state index in [0.717, 1.165) is 37.8 Å². The van der Waals surface area contributed by atoms with E-state index in [9.17, 15) is 34.5 Å². The van der Waals surface area contributed by atoms with Crippen molar-refractivity contribution in [2.45, 2.75) is 64.5 Å². The van der Waals surface area contributed by atoms with Crippen LogP contribution in [0.3, 0.4) is 0 Å². The Labute approximate surface area is 413 Å². The third-order valence-electron chi connectivity index (χ3n) is 13.0. The number of carbonyl (C=O) groups excluding carboxylic acids is 2. The van der Waals surface area contributed by atoms with Crippen molar-refractivity contribution < 1.29 is 34.1 Å². The maximum absolute atomic E-state index is 14.2. The largest absolute Gasteiger partial charge is 0.508 e. The third kappa shape index (κ3) is 11.0.